The molecule has 2 rings (SSSR count). The quantitative estimate of drug-likeness (QED) is 0.810. The second kappa shape index (κ2) is 5.62. The molecular formula is C12H21N3O3S. The highest BCUT2D eigenvalue weighted by Crippen LogP contribution is 2.16. The number of likely N-dealkylation sites (N-methyl/N-ethyl adjacent to an activating group) is 1. The zero-order chi connectivity index (χ0) is 14.0. The molecule has 108 valence electrons. The van der Waals surface area contributed by atoms with Gasteiger partial charge in [-0.2, -0.15) is 17.0 Å². The molecule has 7 heteroatoms. The van der Waals surface area contributed by atoms with Gasteiger partial charge in [0.05, 0.1) is 6.26 Å². The Morgan fingerprint density at radius 1 is 1.32 bits per heavy atom. The zero-order valence-electron chi connectivity index (χ0n) is 11.7. The Morgan fingerprint density at radius 3 is 2.47 bits per heavy atom. The topological polar surface area (TPSA) is 57.0 Å². The molecule has 0 saturated carbocycles. The maximum Gasteiger partial charge on any atom is 0.282 e. The van der Waals surface area contributed by atoms with Gasteiger partial charge in [0.15, 0.2) is 0 Å². The van der Waals surface area contributed by atoms with Gasteiger partial charge in [0.25, 0.3) is 10.2 Å². The van der Waals surface area contributed by atoms with Gasteiger partial charge in [-0.3, -0.25) is 0 Å². The second-order valence-electron chi connectivity index (χ2n) is 4.97. The van der Waals surface area contributed by atoms with Gasteiger partial charge in [0.2, 0.25) is 0 Å². The van der Waals surface area contributed by atoms with Crippen molar-refractivity contribution in [1.29, 1.82) is 0 Å². The summed E-state index contributed by atoms with van der Waals surface area (Å²) in [7, 11) is 0.234. The van der Waals surface area contributed by atoms with E-state index in [1.165, 1.54) is 4.31 Å². The van der Waals surface area contributed by atoms with Crippen molar-refractivity contribution < 1.29 is 12.8 Å². The number of hydrogen-bond donors (Lipinski definition) is 0. The smallest absolute Gasteiger partial charge is 0.282 e. The molecule has 0 aliphatic carbocycles. The average molecular weight is 287 g/mol. The Balaban J connectivity index is 2.05. The van der Waals surface area contributed by atoms with Crippen LogP contribution in [0.5, 0.6) is 0 Å². The van der Waals surface area contributed by atoms with Gasteiger partial charge >= 0.3 is 0 Å². The van der Waals surface area contributed by atoms with Crippen LogP contribution in [0, 0.1) is 6.92 Å². The van der Waals surface area contributed by atoms with Gasteiger partial charge in [-0.15, -0.1) is 0 Å². The van der Waals surface area contributed by atoms with E-state index in [0.717, 1.165) is 24.4 Å². The van der Waals surface area contributed by atoms with Gasteiger partial charge in [-0.1, -0.05) is 0 Å². The molecule has 0 aromatic carbocycles. The van der Waals surface area contributed by atoms with Gasteiger partial charge in [-0.05, 0) is 20.0 Å². The minimum absolute atomic E-state index is 0.344. The van der Waals surface area contributed by atoms with E-state index >= 15 is 0 Å². The summed E-state index contributed by atoms with van der Waals surface area (Å²) in [4.78, 5) is 2.13. The van der Waals surface area contributed by atoms with Crippen LogP contribution in [0.1, 0.15) is 11.3 Å². The van der Waals surface area contributed by atoms with Crippen LogP contribution in [-0.2, 0) is 16.8 Å². The molecule has 1 aromatic heterocycles. The highest BCUT2D eigenvalue weighted by Gasteiger charge is 2.29. The van der Waals surface area contributed by atoms with Crippen molar-refractivity contribution in [2.45, 2.75) is 13.5 Å². The van der Waals surface area contributed by atoms with Gasteiger partial charge in [0, 0.05) is 45.3 Å². The molecular weight excluding hydrogens is 266 g/mol. The van der Waals surface area contributed by atoms with Gasteiger partial charge in [0.1, 0.15) is 5.76 Å². The van der Waals surface area contributed by atoms with E-state index in [1.807, 2.05) is 20.0 Å². The Morgan fingerprint density at radius 2 is 1.95 bits per heavy atom. The monoisotopic (exact) mass is 287 g/mol. The molecule has 0 unspecified atom stereocenters. The van der Waals surface area contributed by atoms with Crippen molar-refractivity contribution in [1.82, 2.24) is 13.5 Å². The first-order valence-electron chi connectivity index (χ1n) is 6.34. The highest BCUT2D eigenvalue weighted by atomic mass is 32.2. The molecule has 1 aliphatic rings. The van der Waals surface area contributed by atoms with Crippen molar-refractivity contribution in [3.05, 3.63) is 23.7 Å². The largest absolute Gasteiger partial charge is 0.469 e. The Hall–Kier alpha value is -0.890. The molecule has 1 aliphatic heterocycles. The fourth-order valence-corrected chi connectivity index (χ4v) is 3.43. The van der Waals surface area contributed by atoms with E-state index in [0.29, 0.717) is 19.6 Å². The predicted molar refractivity (Wildman–Crippen MR) is 72.9 cm³/mol. The minimum Gasteiger partial charge on any atom is -0.469 e. The first kappa shape index (κ1) is 14.5. The van der Waals surface area contributed by atoms with E-state index in [2.05, 4.69) is 4.90 Å². The third-order valence-corrected chi connectivity index (χ3v) is 5.48. The van der Waals surface area contributed by atoms with Crippen LogP contribution in [0.4, 0.5) is 0 Å². The lowest BCUT2D eigenvalue weighted by atomic mass is 10.3. The van der Waals surface area contributed by atoms with Gasteiger partial charge in [-0.25, -0.2) is 0 Å². The van der Waals surface area contributed by atoms with Crippen LogP contribution < -0.4 is 0 Å². The van der Waals surface area contributed by atoms with E-state index in [4.69, 9.17) is 4.42 Å². The van der Waals surface area contributed by atoms with Crippen LogP contribution in [-0.4, -0.2) is 62.2 Å². The molecule has 6 nitrogen and oxygen atoms in total. The molecule has 0 N–H and O–H groups in total. The number of hydrogen-bond acceptors (Lipinski definition) is 4. The summed E-state index contributed by atoms with van der Waals surface area (Å²) in [6.45, 7) is 4.83. The first-order chi connectivity index (χ1) is 8.91. The summed E-state index contributed by atoms with van der Waals surface area (Å²) in [5.74, 6) is 0.764. The number of aryl methyl sites for hydroxylation is 1. The lowest BCUT2D eigenvalue weighted by molar-refractivity contribution is 0.213. The summed E-state index contributed by atoms with van der Waals surface area (Å²) in [5, 5.41) is 0. The standard InChI is InChI=1S/C12H21N3O3S/c1-11-12(4-9-18-11)10-14(3)19(16,17)15-7-5-13(2)6-8-15/h4,9H,5-8,10H2,1-3H3. The summed E-state index contributed by atoms with van der Waals surface area (Å²) in [6.07, 6.45) is 1.58. The maximum absolute atomic E-state index is 12.4. The molecule has 0 atom stereocenters. The van der Waals surface area contributed by atoms with Crippen molar-refractivity contribution in [2.24, 2.45) is 0 Å². The Labute approximate surface area is 114 Å². The summed E-state index contributed by atoms with van der Waals surface area (Å²) in [6, 6.07) is 1.81. The van der Waals surface area contributed by atoms with Crippen LogP contribution in [0.2, 0.25) is 0 Å². The van der Waals surface area contributed by atoms with Crippen LogP contribution in [0.3, 0.4) is 0 Å². The molecule has 19 heavy (non-hydrogen) atoms. The second-order valence-corrected chi connectivity index (χ2v) is 7.00. The van der Waals surface area contributed by atoms with E-state index in [-0.39, 0.29) is 0 Å². The Kier molecular flexibility index (Phi) is 4.29. The number of furan rings is 1. The number of rotatable bonds is 4. The fraction of sp³-hybridized carbons (Fsp3) is 0.667. The molecule has 0 spiro atoms. The van der Waals surface area contributed by atoms with Crippen LogP contribution in [0.15, 0.2) is 16.7 Å². The SMILES string of the molecule is Cc1occc1CN(C)S(=O)(=O)N1CCN(C)CC1. The number of nitrogens with zero attached hydrogens (tertiary/aromatic N) is 3. The molecule has 2 heterocycles. The average Bonchev–Trinajstić information content (AvgIpc) is 2.75. The van der Waals surface area contributed by atoms with Crippen molar-refractivity contribution in [2.75, 3.05) is 40.3 Å². The van der Waals surface area contributed by atoms with Crippen molar-refractivity contribution >= 4 is 10.2 Å². The third kappa shape index (κ3) is 3.17. The summed E-state index contributed by atoms with van der Waals surface area (Å²) in [5.41, 5.74) is 0.903. The van der Waals surface area contributed by atoms with E-state index in [9.17, 15) is 8.42 Å². The van der Waals surface area contributed by atoms with Crippen molar-refractivity contribution in [3.63, 3.8) is 0 Å². The fourth-order valence-electron chi connectivity index (χ4n) is 2.11. The van der Waals surface area contributed by atoms with Crippen LogP contribution in [0.25, 0.3) is 0 Å². The van der Waals surface area contributed by atoms with E-state index < -0.39 is 10.2 Å². The highest BCUT2D eigenvalue weighted by molar-refractivity contribution is 7.86. The molecule has 0 radical (unpaired) electrons. The summed E-state index contributed by atoms with van der Waals surface area (Å²) >= 11 is 0. The first-order valence-corrected chi connectivity index (χ1v) is 7.74. The molecule has 1 fully saturated rings. The Bertz CT molecular complexity index is 518. The molecule has 0 bridgehead atoms. The lowest BCUT2D eigenvalue weighted by Gasteiger charge is -2.34. The normalized spacial score (nSPS) is 19.2. The van der Waals surface area contributed by atoms with Gasteiger partial charge < -0.3 is 9.32 Å². The van der Waals surface area contributed by atoms with Crippen molar-refractivity contribution in [3.8, 4) is 0 Å². The van der Waals surface area contributed by atoms with E-state index in [1.54, 1.807) is 17.6 Å². The zero-order valence-corrected chi connectivity index (χ0v) is 12.5. The summed E-state index contributed by atoms with van der Waals surface area (Å²) < 4.78 is 33.0. The maximum atomic E-state index is 12.4. The van der Waals surface area contributed by atoms with Crippen LogP contribution >= 0.6 is 0 Å². The predicted octanol–water partition coefficient (Wildman–Crippen LogP) is 0.512. The molecule has 1 aromatic rings. The third-order valence-electron chi connectivity index (χ3n) is 3.54. The molecule has 0 amide bonds. The lowest BCUT2D eigenvalue weighted by Crippen LogP contribution is -2.51. The minimum atomic E-state index is -3.38. The number of piperazine rings is 1. The molecule has 1 saturated heterocycles.